The maximum Gasteiger partial charge on any atom is 0.223 e. The maximum atomic E-state index is 12.0. The minimum absolute atomic E-state index is 0.145. The van der Waals surface area contributed by atoms with Crippen LogP contribution in [0.4, 0.5) is 0 Å². The van der Waals surface area contributed by atoms with Crippen molar-refractivity contribution in [2.75, 3.05) is 6.54 Å². The first kappa shape index (κ1) is 13.2. The third-order valence-electron chi connectivity index (χ3n) is 3.44. The summed E-state index contributed by atoms with van der Waals surface area (Å²) in [6, 6.07) is 0. The molecule has 1 aliphatic rings. The molecule has 0 N–H and O–H groups in total. The summed E-state index contributed by atoms with van der Waals surface area (Å²) in [5.41, 5.74) is -0.582. The quantitative estimate of drug-likeness (QED) is 0.689. The van der Waals surface area contributed by atoms with Crippen molar-refractivity contribution >= 4 is 11.7 Å². The first-order valence-corrected chi connectivity index (χ1v) is 6.34. The van der Waals surface area contributed by atoms with E-state index in [0.29, 0.717) is 12.8 Å². The molecule has 1 aliphatic heterocycles. The molecule has 0 bridgehead atoms. The highest BCUT2D eigenvalue weighted by atomic mass is 16.2. The van der Waals surface area contributed by atoms with E-state index in [-0.39, 0.29) is 11.7 Å². The highest BCUT2D eigenvalue weighted by Crippen LogP contribution is 2.25. The monoisotopic (exact) mass is 225 g/mol. The Labute approximate surface area is 98.2 Å². The Morgan fingerprint density at radius 1 is 1.38 bits per heavy atom. The van der Waals surface area contributed by atoms with Gasteiger partial charge >= 0.3 is 0 Å². The molecule has 0 spiro atoms. The fraction of sp³-hybridized carbons (Fsp3) is 0.846. The standard InChI is InChI=1S/C13H23NO2/c1-4-5-6-9-12(16)14-10-7-8-11(15)13(14,2)3/h4-10H2,1-3H3. The van der Waals surface area contributed by atoms with Gasteiger partial charge in [0.1, 0.15) is 0 Å². The maximum absolute atomic E-state index is 12.0. The van der Waals surface area contributed by atoms with Crippen LogP contribution in [-0.2, 0) is 9.59 Å². The van der Waals surface area contributed by atoms with E-state index in [2.05, 4.69) is 6.92 Å². The number of nitrogens with zero attached hydrogens (tertiary/aromatic N) is 1. The average Bonchev–Trinajstić information content (AvgIpc) is 2.22. The molecule has 0 atom stereocenters. The van der Waals surface area contributed by atoms with Crippen LogP contribution in [0.3, 0.4) is 0 Å². The zero-order chi connectivity index (χ0) is 12.2. The van der Waals surface area contributed by atoms with Crippen molar-refractivity contribution in [3.8, 4) is 0 Å². The van der Waals surface area contributed by atoms with E-state index in [0.717, 1.165) is 32.2 Å². The van der Waals surface area contributed by atoms with Gasteiger partial charge in [0.05, 0.1) is 5.54 Å². The number of amides is 1. The number of carbonyl (C=O) groups excluding carboxylic acids is 2. The van der Waals surface area contributed by atoms with E-state index in [1.54, 1.807) is 4.90 Å². The Morgan fingerprint density at radius 2 is 2.06 bits per heavy atom. The molecule has 0 aromatic heterocycles. The number of carbonyl (C=O) groups is 2. The second kappa shape index (κ2) is 5.46. The zero-order valence-corrected chi connectivity index (χ0v) is 10.7. The van der Waals surface area contributed by atoms with E-state index in [4.69, 9.17) is 0 Å². The van der Waals surface area contributed by atoms with Crippen LogP contribution in [0.15, 0.2) is 0 Å². The molecular formula is C13H23NO2. The van der Waals surface area contributed by atoms with Gasteiger partial charge in [-0.05, 0) is 26.7 Å². The molecular weight excluding hydrogens is 202 g/mol. The number of hydrogen-bond donors (Lipinski definition) is 0. The topological polar surface area (TPSA) is 37.4 Å². The van der Waals surface area contributed by atoms with Crippen LogP contribution in [0.25, 0.3) is 0 Å². The number of likely N-dealkylation sites (tertiary alicyclic amines) is 1. The Balaban J connectivity index is 2.56. The van der Waals surface area contributed by atoms with Gasteiger partial charge in [-0.1, -0.05) is 19.8 Å². The largest absolute Gasteiger partial charge is 0.331 e. The first-order chi connectivity index (χ1) is 7.50. The summed E-state index contributed by atoms with van der Waals surface area (Å²) in [5.74, 6) is 0.342. The highest BCUT2D eigenvalue weighted by Gasteiger charge is 2.39. The third-order valence-corrected chi connectivity index (χ3v) is 3.44. The number of ketones is 1. The van der Waals surface area contributed by atoms with E-state index >= 15 is 0 Å². The molecule has 92 valence electrons. The minimum Gasteiger partial charge on any atom is -0.331 e. The van der Waals surface area contributed by atoms with Crippen LogP contribution >= 0.6 is 0 Å². The van der Waals surface area contributed by atoms with Crippen molar-refractivity contribution in [3.05, 3.63) is 0 Å². The van der Waals surface area contributed by atoms with Gasteiger partial charge < -0.3 is 4.90 Å². The number of piperidine rings is 1. The smallest absolute Gasteiger partial charge is 0.223 e. The molecule has 3 nitrogen and oxygen atoms in total. The Kier molecular flexibility index (Phi) is 4.51. The van der Waals surface area contributed by atoms with Crippen molar-refractivity contribution in [1.29, 1.82) is 0 Å². The fourth-order valence-electron chi connectivity index (χ4n) is 2.23. The highest BCUT2D eigenvalue weighted by molar-refractivity contribution is 5.93. The molecule has 0 aromatic carbocycles. The van der Waals surface area contributed by atoms with Crippen molar-refractivity contribution in [1.82, 2.24) is 4.90 Å². The molecule has 3 heteroatoms. The Morgan fingerprint density at radius 3 is 2.69 bits per heavy atom. The van der Waals surface area contributed by atoms with Crippen LogP contribution < -0.4 is 0 Å². The molecule has 0 aliphatic carbocycles. The number of rotatable bonds is 4. The predicted octanol–water partition coefficient (Wildman–Crippen LogP) is 2.54. The molecule has 0 radical (unpaired) electrons. The van der Waals surface area contributed by atoms with Gasteiger partial charge in [0, 0.05) is 19.4 Å². The summed E-state index contributed by atoms with van der Waals surface area (Å²) in [7, 11) is 0. The number of Topliss-reactive ketones (excluding diaryl/α,β-unsaturated/α-hetero) is 1. The lowest BCUT2D eigenvalue weighted by Gasteiger charge is -2.41. The molecule has 16 heavy (non-hydrogen) atoms. The Bertz CT molecular complexity index is 271. The lowest BCUT2D eigenvalue weighted by molar-refractivity contribution is -0.148. The third kappa shape index (κ3) is 2.83. The molecule has 1 fully saturated rings. The summed E-state index contributed by atoms with van der Waals surface area (Å²) in [6.45, 7) is 6.60. The van der Waals surface area contributed by atoms with Crippen LogP contribution in [0, 0.1) is 0 Å². The zero-order valence-electron chi connectivity index (χ0n) is 10.7. The summed E-state index contributed by atoms with van der Waals surface area (Å²) in [6.07, 6.45) is 5.18. The van der Waals surface area contributed by atoms with Crippen molar-refractivity contribution < 1.29 is 9.59 Å². The van der Waals surface area contributed by atoms with E-state index in [9.17, 15) is 9.59 Å². The van der Waals surface area contributed by atoms with Crippen LogP contribution in [0.2, 0.25) is 0 Å². The molecule has 1 rings (SSSR count). The summed E-state index contributed by atoms with van der Waals surface area (Å²) in [4.78, 5) is 25.5. The lowest BCUT2D eigenvalue weighted by atomic mass is 9.88. The number of unbranched alkanes of at least 4 members (excludes halogenated alkanes) is 2. The normalized spacial score (nSPS) is 19.9. The van der Waals surface area contributed by atoms with Gasteiger partial charge in [-0.2, -0.15) is 0 Å². The fourth-order valence-corrected chi connectivity index (χ4v) is 2.23. The van der Waals surface area contributed by atoms with Gasteiger partial charge in [0.15, 0.2) is 5.78 Å². The van der Waals surface area contributed by atoms with Crippen LogP contribution in [0.5, 0.6) is 0 Å². The van der Waals surface area contributed by atoms with Gasteiger partial charge in [-0.15, -0.1) is 0 Å². The lowest BCUT2D eigenvalue weighted by Crippen LogP contribution is -2.56. The minimum atomic E-state index is -0.582. The van der Waals surface area contributed by atoms with E-state index in [1.807, 2.05) is 13.8 Å². The van der Waals surface area contributed by atoms with Gasteiger partial charge in [0.2, 0.25) is 5.91 Å². The van der Waals surface area contributed by atoms with Gasteiger partial charge in [0.25, 0.3) is 0 Å². The molecule has 0 unspecified atom stereocenters. The second-order valence-electron chi connectivity index (χ2n) is 5.09. The summed E-state index contributed by atoms with van der Waals surface area (Å²) in [5, 5.41) is 0. The molecule has 1 saturated heterocycles. The van der Waals surface area contributed by atoms with E-state index < -0.39 is 5.54 Å². The SMILES string of the molecule is CCCCCC(=O)N1CCCC(=O)C1(C)C. The Hall–Kier alpha value is -0.860. The molecule has 0 saturated carbocycles. The van der Waals surface area contributed by atoms with Crippen molar-refractivity contribution in [2.45, 2.75) is 64.8 Å². The van der Waals surface area contributed by atoms with E-state index in [1.165, 1.54) is 0 Å². The molecule has 0 aromatic rings. The van der Waals surface area contributed by atoms with Crippen molar-refractivity contribution in [3.63, 3.8) is 0 Å². The molecule has 1 amide bonds. The van der Waals surface area contributed by atoms with Crippen molar-refractivity contribution in [2.24, 2.45) is 0 Å². The average molecular weight is 225 g/mol. The summed E-state index contributed by atoms with van der Waals surface area (Å²) < 4.78 is 0. The van der Waals surface area contributed by atoms with Crippen LogP contribution in [-0.4, -0.2) is 28.7 Å². The van der Waals surface area contributed by atoms with Gasteiger partial charge in [-0.3, -0.25) is 9.59 Å². The first-order valence-electron chi connectivity index (χ1n) is 6.34. The number of hydrogen-bond acceptors (Lipinski definition) is 2. The predicted molar refractivity (Wildman–Crippen MR) is 64.2 cm³/mol. The molecule has 1 heterocycles. The van der Waals surface area contributed by atoms with Gasteiger partial charge in [-0.25, -0.2) is 0 Å². The van der Waals surface area contributed by atoms with Crippen LogP contribution in [0.1, 0.15) is 59.3 Å². The summed E-state index contributed by atoms with van der Waals surface area (Å²) >= 11 is 0. The second-order valence-corrected chi connectivity index (χ2v) is 5.09.